The Morgan fingerprint density at radius 2 is 1.80 bits per heavy atom. The first kappa shape index (κ1) is 21.7. The lowest BCUT2D eigenvalue weighted by molar-refractivity contribution is 0.101. The number of nitrogens with one attached hydrogen (secondary N) is 1. The molecule has 4 heteroatoms. The summed E-state index contributed by atoms with van der Waals surface area (Å²) < 4.78 is 2.06. The van der Waals surface area contributed by atoms with Crippen LogP contribution < -0.4 is 10.2 Å². The van der Waals surface area contributed by atoms with Gasteiger partial charge in [-0.3, -0.25) is 4.79 Å². The molecule has 30 heavy (non-hydrogen) atoms. The Labute approximate surface area is 180 Å². The number of hydrogen-bond acceptors (Lipinski definition) is 2. The van der Waals surface area contributed by atoms with Crippen LogP contribution in [0.25, 0.3) is 10.9 Å². The zero-order valence-corrected chi connectivity index (χ0v) is 18.8. The Bertz CT molecular complexity index is 1040. The minimum atomic E-state index is -0.0905. The highest BCUT2D eigenvalue weighted by atomic mass is 16.2. The number of fused-ring (bicyclic) bond motifs is 1. The van der Waals surface area contributed by atoms with Gasteiger partial charge in [0.1, 0.15) is 5.69 Å². The molecule has 4 nitrogen and oxygen atoms in total. The number of hydrogen-bond donors (Lipinski definition) is 1. The van der Waals surface area contributed by atoms with Crippen LogP contribution in [0.5, 0.6) is 0 Å². The van der Waals surface area contributed by atoms with Crippen LogP contribution in [0.4, 0.5) is 11.4 Å². The lowest BCUT2D eigenvalue weighted by Gasteiger charge is -2.21. The number of allylic oxidation sites excluding steroid dienone is 1. The highest BCUT2D eigenvalue weighted by molar-refractivity contribution is 6.08. The van der Waals surface area contributed by atoms with Gasteiger partial charge in [0.25, 0.3) is 5.91 Å². The number of carbonyl (C=O) groups is 1. The molecule has 0 spiro atoms. The number of aryl methyl sites for hydroxylation is 1. The van der Waals surface area contributed by atoms with E-state index in [0.29, 0.717) is 18.2 Å². The summed E-state index contributed by atoms with van der Waals surface area (Å²) in [6, 6.07) is 14.5. The van der Waals surface area contributed by atoms with Gasteiger partial charge in [0, 0.05) is 41.9 Å². The molecule has 158 valence electrons. The van der Waals surface area contributed by atoms with Crippen LogP contribution >= 0.6 is 0 Å². The van der Waals surface area contributed by atoms with Crippen molar-refractivity contribution in [2.75, 3.05) is 23.3 Å². The van der Waals surface area contributed by atoms with E-state index in [2.05, 4.69) is 79.4 Å². The first-order valence-electron chi connectivity index (χ1n) is 10.8. The molecule has 0 bridgehead atoms. The van der Waals surface area contributed by atoms with Crippen molar-refractivity contribution in [3.05, 3.63) is 71.9 Å². The topological polar surface area (TPSA) is 37.3 Å². The van der Waals surface area contributed by atoms with Crippen molar-refractivity contribution in [2.45, 2.75) is 47.1 Å². The predicted octanol–water partition coefficient (Wildman–Crippen LogP) is 6.36. The van der Waals surface area contributed by atoms with Gasteiger partial charge in [-0.2, -0.15) is 0 Å². The third-order valence-electron chi connectivity index (χ3n) is 5.79. The second-order valence-electron chi connectivity index (χ2n) is 7.98. The highest BCUT2D eigenvalue weighted by Gasteiger charge is 2.20. The fourth-order valence-electron chi connectivity index (χ4n) is 4.05. The van der Waals surface area contributed by atoms with Gasteiger partial charge in [0.2, 0.25) is 0 Å². The maximum Gasteiger partial charge on any atom is 0.272 e. The predicted molar refractivity (Wildman–Crippen MR) is 129 cm³/mol. The molecule has 0 fully saturated rings. The Morgan fingerprint density at radius 1 is 1.13 bits per heavy atom. The molecule has 1 N–H and O–H groups in total. The lowest BCUT2D eigenvalue weighted by atomic mass is 10.0. The average molecular weight is 404 g/mol. The quantitative estimate of drug-likeness (QED) is 0.445. The van der Waals surface area contributed by atoms with Gasteiger partial charge in [0.05, 0.1) is 0 Å². The van der Waals surface area contributed by atoms with Crippen molar-refractivity contribution in [2.24, 2.45) is 0 Å². The summed E-state index contributed by atoms with van der Waals surface area (Å²) in [5.74, 6) is 0.352. The van der Waals surface area contributed by atoms with E-state index < -0.39 is 0 Å². The average Bonchev–Trinajstić information content (AvgIpc) is 3.01. The van der Waals surface area contributed by atoms with Gasteiger partial charge in [-0.25, -0.2) is 0 Å². The summed E-state index contributed by atoms with van der Waals surface area (Å²) in [5.41, 5.74) is 6.01. The molecule has 0 saturated carbocycles. The molecule has 1 aromatic heterocycles. The molecule has 1 amide bonds. The molecule has 0 aliphatic heterocycles. The molecular formula is C26H33N3O. The van der Waals surface area contributed by atoms with E-state index in [1.807, 2.05) is 25.1 Å². The van der Waals surface area contributed by atoms with Crippen molar-refractivity contribution in [3.63, 3.8) is 0 Å². The van der Waals surface area contributed by atoms with Gasteiger partial charge in [-0.05, 0) is 74.2 Å². The lowest BCUT2D eigenvalue weighted by Crippen LogP contribution is -2.22. The smallest absolute Gasteiger partial charge is 0.272 e. The largest absolute Gasteiger partial charge is 0.372 e. The summed E-state index contributed by atoms with van der Waals surface area (Å²) in [6.07, 6.45) is 1.84. The number of benzene rings is 2. The first-order valence-corrected chi connectivity index (χ1v) is 10.8. The molecule has 3 rings (SSSR count). The number of anilines is 2. The molecule has 1 heterocycles. The van der Waals surface area contributed by atoms with E-state index in [1.165, 1.54) is 5.56 Å². The van der Waals surface area contributed by atoms with E-state index >= 15 is 0 Å². The summed E-state index contributed by atoms with van der Waals surface area (Å²) in [7, 11) is 0. The number of rotatable bonds is 8. The molecule has 2 aromatic carbocycles. The molecular weight excluding hydrogens is 370 g/mol. The van der Waals surface area contributed by atoms with Crippen molar-refractivity contribution < 1.29 is 4.79 Å². The number of nitrogens with zero attached hydrogens (tertiary/aromatic N) is 2. The van der Waals surface area contributed by atoms with Crippen molar-refractivity contribution >= 4 is 28.2 Å². The van der Waals surface area contributed by atoms with Crippen LogP contribution in [0.2, 0.25) is 0 Å². The van der Waals surface area contributed by atoms with Gasteiger partial charge >= 0.3 is 0 Å². The zero-order chi connectivity index (χ0) is 21.8. The maximum absolute atomic E-state index is 13.3. The molecule has 0 unspecified atom stereocenters. The van der Waals surface area contributed by atoms with E-state index in [-0.39, 0.29) is 5.91 Å². The Morgan fingerprint density at radius 3 is 2.37 bits per heavy atom. The fraction of sp³-hybridized carbons (Fsp3) is 0.346. The minimum Gasteiger partial charge on any atom is -0.372 e. The summed E-state index contributed by atoms with van der Waals surface area (Å²) in [6.45, 7) is 17.1. The summed E-state index contributed by atoms with van der Waals surface area (Å²) in [5, 5.41) is 4.22. The van der Waals surface area contributed by atoms with Gasteiger partial charge in [-0.1, -0.05) is 26.0 Å². The number of amides is 1. The van der Waals surface area contributed by atoms with Crippen LogP contribution in [-0.4, -0.2) is 23.6 Å². The monoisotopic (exact) mass is 403 g/mol. The van der Waals surface area contributed by atoms with Crippen molar-refractivity contribution in [1.82, 2.24) is 4.57 Å². The van der Waals surface area contributed by atoms with Crippen molar-refractivity contribution in [3.8, 4) is 0 Å². The van der Waals surface area contributed by atoms with Crippen LogP contribution in [0.15, 0.2) is 55.1 Å². The molecule has 0 saturated heterocycles. The number of carbonyl (C=O) groups excluding carboxylic acids is 1. The van der Waals surface area contributed by atoms with Crippen LogP contribution in [0.1, 0.15) is 55.2 Å². The maximum atomic E-state index is 13.3. The molecule has 0 aliphatic carbocycles. The third-order valence-corrected chi connectivity index (χ3v) is 5.79. The zero-order valence-electron chi connectivity index (χ0n) is 18.8. The normalized spacial score (nSPS) is 11.1. The summed E-state index contributed by atoms with van der Waals surface area (Å²) >= 11 is 0. The van der Waals surface area contributed by atoms with Gasteiger partial charge < -0.3 is 14.8 Å². The number of aromatic nitrogens is 1. The molecule has 0 radical (unpaired) electrons. The first-order chi connectivity index (χ1) is 14.4. The van der Waals surface area contributed by atoms with E-state index in [9.17, 15) is 4.79 Å². The fourth-order valence-corrected chi connectivity index (χ4v) is 4.05. The van der Waals surface area contributed by atoms with Crippen LogP contribution in [0.3, 0.4) is 0 Å². The minimum absolute atomic E-state index is 0.0905. The highest BCUT2D eigenvalue weighted by Crippen LogP contribution is 2.30. The van der Waals surface area contributed by atoms with Gasteiger partial charge in [-0.15, -0.1) is 6.58 Å². The van der Waals surface area contributed by atoms with E-state index in [4.69, 9.17) is 0 Å². The third kappa shape index (κ3) is 4.13. The molecule has 0 aliphatic rings. The van der Waals surface area contributed by atoms with E-state index in [1.54, 1.807) is 0 Å². The summed E-state index contributed by atoms with van der Waals surface area (Å²) in [4.78, 5) is 15.6. The van der Waals surface area contributed by atoms with Gasteiger partial charge in [0.15, 0.2) is 0 Å². The van der Waals surface area contributed by atoms with Crippen LogP contribution in [0, 0.1) is 6.92 Å². The second-order valence-corrected chi connectivity index (χ2v) is 7.98. The standard InChI is InChI=1S/C26H33N3O/c1-7-16-29-24-15-10-20(18(4)5)17-23(24)19(6)25(29)26(30)27-21-11-13-22(14-12-21)28(8-2)9-3/h7,10-15,17-18H,1,8-9,16H2,2-6H3,(H,27,30). The molecule has 0 atom stereocenters. The Kier molecular flexibility index (Phi) is 6.66. The van der Waals surface area contributed by atoms with E-state index in [0.717, 1.165) is 40.9 Å². The SMILES string of the molecule is C=CCn1c(C(=O)Nc2ccc(N(CC)CC)cc2)c(C)c2cc(C(C)C)ccc21. The molecule has 3 aromatic rings. The van der Waals surface area contributed by atoms with Crippen LogP contribution in [-0.2, 0) is 6.54 Å². The second kappa shape index (κ2) is 9.21. The Balaban J connectivity index is 1.96. The Hall–Kier alpha value is -3.01. The van der Waals surface area contributed by atoms with Crippen molar-refractivity contribution in [1.29, 1.82) is 0 Å².